The molecule has 1 aliphatic heterocycles. The molecule has 1 aromatic rings. The van der Waals surface area contributed by atoms with Crippen LogP contribution in [-0.4, -0.2) is 35.6 Å². The fourth-order valence-corrected chi connectivity index (χ4v) is 2.26. The van der Waals surface area contributed by atoms with Gasteiger partial charge in [0.25, 0.3) is 0 Å². The summed E-state index contributed by atoms with van der Waals surface area (Å²) < 4.78 is 0. The van der Waals surface area contributed by atoms with Crippen LogP contribution < -0.4 is 0 Å². The minimum absolute atomic E-state index is 0.0140. The third kappa shape index (κ3) is 3.67. The maximum absolute atomic E-state index is 12.0. The second-order valence-electron chi connectivity index (χ2n) is 5.54. The minimum Gasteiger partial charge on any atom is -0.396 e. The Morgan fingerprint density at radius 2 is 1.95 bits per heavy atom. The van der Waals surface area contributed by atoms with Crippen LogP contribution in [0.25, 0.3) is 6.08 Å². The van der Waals surface area contributed by atoms with E-state index in [1.54, 1.807) is 6.08 Å². The lowest BCUT2D eigenvalue weighted by molar-refractivity contribution is -0.128. The lowest BCUT2D eigenvalue weighted by Gasteiger charge is -2.37. The highest BCUT2D eigenvalue weighted by atomic mass is 16.3. The zero-order valence-corrected chi connectivity index (χ0v) is 11.4. The molecule has 2 rings (SSSR count). The van der Waals surface area contributed by atoms with Crippen molar-refractivity contribution >= 4 is 12.0 Å². The van der Waals surface area contributed by atoms with Crippen LogP contribution in [0.4, 0.5) is 0 Å². The molecule has 0 atom stereocenters. The molecule has 19 heavy (non-hydrogen) atoms. The molecular formula is C16H21NO2. The Morgan fingerprint density at radius 1 is 1.32 bits per heavy atom. The van der Waals surface area contributed by atoms with Gasteiger partial charge in [0.2, 0.25) is 5.91 Å². The summed E-state index contributed by atoms with van der Waals surface area (Å²) in [5.41, 5.74) is 1.02. The summed E-state index contributed by atoms with van der Waals surface area (Å²) in [4.78, 5) is 13.9. The molecule has 0 aliphatic carbocycles. The number of aliphatic hydroxyl groups is 1. The van der Waals surface area contributed by atoms with Gasteiger partial charge in [-0.1, -0.05) is 37.3 Å². The van der Waals surface area contributed by atoms with Gasteiger partial charge in [0.05, 0.1) is 0 Å². The second-order valence-corrected chi connectivity index (χ2v) is 5.54. The van der Waals surface area contributed by atoms with E-state index in [1.807, 2.05) is 41.3 Å². The summed E-state index contributed by atoms with van der Waals surface area (Å²) in [5.74, 6) is 0.0591. The minimum atomic E-state index is -0.0140. The van der Waals surface area contributed by atoms with Gasteiger partial charge in [-0.15, -0.1) is 0 Å². The molecule has 0 saturated carbocycles. The van der Waals surface area contributed by atoms with Crippen molar-refractivity contribution in [3.8, 4) is 0 Å². The van der Waals surface area contributed by atoms with Crippen molar-refractivity contribution in [2.24, 2.45) is 5.41 Å². The molecule has 0 radical (unpaired) electrons. The summed E-state index contributed by atoms with van der Waals surface area (Å²) in [6.45, 7) is 3.74. The Labute approximate surface area is 114 Å². The monoisotopic (exact) mass is 259 g/mol. The summed E-state index contributed by atoms with van der Waals surface area (Å²) in [5, 5.41) is 9.31. The van der Waals surface area contributed by atoms with Crippen molar-refractivity contribution in [3.63, 3.8) is 0 Å². The molecule has 0 spiro atoms. The average Bonchev–Trinajstić information content (AvgIpc) is 2.47. The summed E-state index contributed by atoms with van der Waals surface area (Å²) in [6.07, 6.45) is 5.22. The molecule has 102 valence electrons. The maximum atomic E-state index is 12.0. The molecule has 1 N–H and O–H groups in total. The molecule has 1 fully saturated rings. The van der Waals surface area contributed by atoms with Crippen LogP contribution in [0.3, 0.4) is 0 Å². The molecule has 1 saturated heterocycles. The standard InChI is InChI=1S/C16H21NO2/c1-16(13-18)9-11-17(12-10-16)15(19)8-7-14-5-3-2-4-6-14/h2-8,18H,9-13H2,1H3/b8-7+. The Kier molecular flexibility index (Phi) is 4.38. The molecular weight excluding hydrogens is 238 g/mol. The lowest BCUT2D eigenvalue weighted by atomic mass is 9.81. The predicted octanol–water partition coefficient (Wildman–Crippen LogP) is 2.32. The van der Waals surface area contributed by atoms with Gasteiger partial charge in [0, 0.05) is 25.8 Å². The molecule has 0 aromatic heterocycles. The largest absolute Gasteiger partial charge is 0.396 e. The first-order valence-electron chi connectivity index (χ1n) is 6.76. The molecule has 0 unspecified atom stereocenters. The lowest BCUT2D eigenvalue weighted by Crippen LogP contribution is -2.42. The van der Waals surface area contributed by atoms with Crippen molar-refractivity contribution < 1.29 is 9.90 Å². The molecule has 3 nitrogen and oxygen atoms in total. The average molecular weight is 259 g/mol. The van der Waals surface area contributed by atoms with Gasteiger partial charge in [0.1, 0.15) is 0 Å². The number of aliphatic hydroxyl groups excluding tert-OH is 1. The summed E-state index contributed by atoms with van der Waals surface area (Å²) in [7, 11) is 0. The van der Waals surface area contributed by atoms with E-state index < -0.39 is 0 Å². The molecule has 1 aromatic carbocycles. The van der Waals surface area contributed by atoms with Gasteiger partial charge in [-0.25, -0.2) is 0 Å². The number of carbonyl (C=O) groups is 1. The van der Waals surface area contributed by atoms with E-state index in [9.17, 15) is 9.90 Å². The number of likely N-dealkylation sites (tertiary alicyclic amines) is 1. The van der Waals surface area contributed by atoms with E-state index in [4.69, 9.17) is 0 Å². The Bertz CT molecular complexity index is 445. The zero-order chi connectivity index (χ0) is 13.7. The smallest absolute Gasteiger partial charge is 0.246 e. The van der Waals surface area contributed by atoms with E-state index in [0.717, 1.165) is 31.5 Å². The number of carbonyl (C=O) groups excluding carboxylic acids is 1. The highest BCUT2D eigenvalue weighted by Crippen LogP contribution is 2.30. The van der Waals surface area contributed by atoms with Gasteiger partial charge in [-0.2, -0.15) is 0 Å². The fourth-order valence-electron chi connectivity index (χ4n) is 2.26. The van der Waals surface area contributed by atoms with Crippen molar-refractivity contribution in [2.45, 2.75) is 19.8 Å². The van der Waals surface area contributed by atoms with Crippen LogP contribution in [0.1, 0.15) is 25.3 Å². The van der Waals surface area contributed by atoms with E-state index in [2.05, 4.69) is 6.92 Å². The van der Waals surface area contributed by atoms with Crippen LogP contribution in [0, 0.1) is 5.41 Å². The maximum Gasteiger partial charge on any atom is 0.246 e. The second kappa shape index (κ2) is 6.02. The number of hydrogen-bond acceptors (Lipinski definition) is 2. The first-order chi connectivity index (χ1) is 9.13. The van der Waals surface area contributed by atoms with Crippen LogP contribution in [-0.2, 0) is 4.79 Å². The topological polar surface area (TPSA) is 40.5 Å². The fraction of sp³-hybridized carbons (Fsp3) is 0.438. The third-order valence-electron chi connectivity index (χ3n) is 3.88. The van der Waals surface area contributed by atoms with Gasteiger partial charge in [-0.3, -0.25) is 4.79 Å². The quantitative estimate of drug-likeness (QED) is 0.846. The van der Waals surface area contributed by atoms with Crippen molar-refractivity contribution in [2.75, 3.05) is 19.7 Å². The van der Waals surface area contributed by atoms with Gasteiger partial charge in [-0.05, 0) is 29.9 Å². The van der Waals surface area contributed by atoms with E-state index in [-0.39, 0.29) is 17.9 Å². The Hall–Kier alpha value is -1.61. The van der Waals surface area contributed by atoms with Crippen molar-refractivity contribution in [1.82, 2.24) is 4.90 Å². The highest BCUT2D eigenvalue weighted by molar-refractivity contribution is 5.91. The molecule has 0 bridgehead atoms. The molecule has 1 heterocycles. The van der Waals surface area contributed by atoms with Crippen LogP contribution in [0.5, 0.6) is 0 Å². The van der Waals surface area contributed by atoms with Crippen LogP contribution in [0.15, 0.2) is 36.4 Å². The number of benzene rings is 1. The van der Waals surface area contributed by atoms with Crippen molar-refractivity contribution in [3.05, 3.63) is 42.0 Å². The zero-order valence-electron chi connectivity index (χ0n) is 11.4. The number of rotatable bonds is 3. The summed E-state index contributed by atoms with van der Waals surface area (Å²) in [6, 6.07) is 9.82. The third-order valence-corrected chi connectivity index (χ3v) is 3.88. The first-order valence-corrected chi connectivity index (χ1v) is 6.76. The number of nitrogens with zero attached hydrogens (tertiary/aromatic N) is 1. The van der Waals surface area contributed by atoms with Crippen LogP contribution >= 0.6 is 0 Å². The van der Waals surface area contributed by atoms with E-state index in [1.165, 1.54) is 0 Å². The number of amides is 1. The number of piperidine rings is 1. The Morgan fingerprint density at radius 3 is 2.53 bits per heavy atom. The molecule has 1 amide bonds. The molecule has 3 heteroatoms. The SMILES string of the molecule is CC1(CO)CCN(C(=O)/C=C/c2ccccc2)CC1. The summed E-state index contributed by atoms with van der Waals surface area (Å²) >= 11 is 0. The number of hydrogen-bond donors (Lipinski definition) is 1. The van der Waals surface area contributed by atoms with Gasteiger partial charge in [0.15, 0.2) is 0 Å². The van der Waals surface area contributed by atoms with E-state index in [0.29, 0.717) is 0 Å². The van der Waals surface area contributed by atoms with E-state index >= 15 is 0 Å². The highest BCUT2D eigenvalue weighted by Gasteiger charge is 2.30. The van der Waals surface area contributed by atoms with Crippen LogP contribution in [0.2, 0.25) is 0 Å². The normalized spacial score (nSPS) is 18.7. The Balaban J connectivity index is 1.90. The predicted molar refractivity (Wildman–Crippen MR) is 76.5 cm³/mol. The van der Waals surface area contributed by atoms with Crippen molar-refractivity contribution in [1.29, 1.82) is 0 Å². The first kappa shape index (κ1) is 13.8. The van der Waals surface area contributed by atoms with Gasteiger partial charge >= 0.3 is 0 Å². The molecule has 1 aliphatic rings. The van der Waals surface area contributed by atoms with Gasteiger partial charge < -0.3 is 10.0 Å².